The molecule has 1 heterocycles. The molecule has 138 valence electrons. The van der Waals surface area contributed by atoms with Gasteiger partial charge in [0.2, 0.25) is 5.95 Å². The maximum absolute atomic E-state index is 12.3. The number of aromatic nitrogens is 2. The van der Waals surface area contributed by atoms with Gasteiger partial charge in [-0.15, -0.1) is 0 Å². The van der Waals surface area contributed by atoms with Crippen LogP contribution in [0.4, 0.5) is 11.6 Å². The van der Waals surface area contributed by atoms with Crippen LogP contribution in [-0.2, 0) is 4.74 Å². The van der Waals surface area contributed by atoms with E-state index in [2.05, 4.69) is 27.5 Å². The van der Waals surface area contributed by atoms with Crippen molar-refractivity contribution in [1.82, 2.24) is 15.3 Å². The molecule has 2 rings (SSSR count). The second-order valence-electron chi connectivity index (χ2n) is 5.84. The minimum atomic E-state index is -0.463. The fourth-order valence-corrected chi connectivity index (χ4v) is 2.41. The molecule has 1 amide bonds. The van der Waals surface area contributed by atoms with Gasteiger partial charge in [-0.05, 0) is 31.5 Å². The van der Waals surface area contributed by atoms with Crippen molar-refractivity contribution in [2.45, 2.75) is 33.1 Å². The Bertz CT molecular complexity index is 777. The number of aryl methyl sites for hydroxylation is 1. The molecule has 26 heavy (non-hydrogen) atoms. The van der Waals surface area contributed by atoms with Gasteiger partial charge in [-0.2, -0.15) is 0 Å². The van der Waals surface area contributed by atoms with Crippen molar-refractivity contribution in [3.63, 3.8) is 0 Å². The van der Waals surface area contributed by atoms with Gasteiger partial charge in [0, 0.05) is 12.2 Å². The summed E-state index contributed by atoms with van der Waals surface area (Å²) >= 11 is 0. The molecule has 0 fully saturated rings. The van der Waals surface area contributed by atoms with Gasteiger partial charge in [-0.3, -0.25) is 4.79 Å². The number of para-hydroxylation sites is 1. The summed E-state index contributed by atoms with van der Waals surface area (Å²) in [5, 5.41) is 5.86. The molecule has 2 N–H and O–H groups in total. The third-order valence-corrected chi connectivity index (χ3v) is 3.73. The second kappa shape index (κ2) is 9.50. The molecule has 0 atom stereocenters. The van der Waals surface area contributed by atoms with Crippen molar-refractivity contribution in [3.8, 4) is 0 Å². The molecule has 0 aliphatic heterocycles. The van der Waals surface area contributed by atoms with E-state index in [4.69, 9.17) is 4.74 Å². The number of hydrogen-bond donors (Lipinski definition) is 2. The number of carbonyl (C=O) groups is 2. The van der Waals surface area contributed by atoms with Crippen LogP contribution < -0.4 is 10.6 Å². The number of hydrogen-bond acceptors (Lipinski definition) is 6. The smallest absolute Gasteiger partial charge is 0.339 e. The molecule has 0 unspecified atom stereocenters. The number of amides is 1. The number of nitrogens with zero attached hydrogens (tertiary/aromatic N) is 2. The van der Waals surface area contributed by atoms with Gasteiger partial charge in [-0.25, -0.2) is 14.8 Å². The van der Waals surface area contributed by atoms with Crippen molar-refractivity contribution < 1.29 is 14.3 Å². The Balaban J connectivity index is 2.18. The van der Waals surface area contributed by atoms with Gasteiger partial charge >= 0.3 is 5.97 Å². The van der Waals surface area contributed by atoms with E-state index >= 15 is 0 Å². The topological polar surface area (TPSA) is 93.2 Å². The van der Waals surface area contributed by atoms with Gasteiger partial charge in [0.15, 0.2) is 0 Å². The number of benzene rings is 1. The molecule has 7 heteroatoms. The summed E-state index contributed by atoms with van der Waals surface area (Å²) in [4.78, 5) is 32.7. The van der Waals surface area contributed by atoms with Crippen molar-refractivity contribution in [2.24, 2.45) is 0 Å². The van der Waals surface area contributed by atoms with E-state index in [-0.39, 0.29) is 17.5 Å². The lowest BCUT2D eigenvalue weighted by Crippen LogP contribution is -2.26. The third kappa shape index (κ3) is 5.27. The molecule has 0 saturated carbocycles. The zero-order chi connectivity index (χ0) is 18.9. The SMILES string of the molecule is CCCCCNC(=O)c1cc(C)nc(Nc2ccccc2C(=O)OC)n1. The van der Waals surface area contributed by atoms with E-state index in [9.17, 15) is 9.59 Å². The third-order valence-electron chi connectivity index (χ3n) is 3.73. The summed E-state index contributed by atoms with van der Waals surface area (Å²) in [6.45, 7) is 4.51. The number of esters is 1. The Morgan fingerprint density at radius 2 is 1.92 bits per heavy atom. The Labute approximate surface area is 153 Å². The van der Waals surface area contributed by atoms with Crippen molar-refractivity contribution >= 4 is 23.5 Å². The summed E-state index contributed by atoms with van der Waals surface area (Å²) in [6.07, 6.45) is 3.10. The lowest BCUT2D eigenvalue weighted by molar-refractivity contribution is 0.0601. The average Bonchev–Trinajstić information content (AvgIpc) is 2.64. The number of ether oxygens (including phenoxy) is 1. The fourth-order valence-electron chi connectivity index (χ4n) is 2.41. The van der Waals surface area contributed by atoms with E-state index in [0.29, 0.717) is 23.5 Å². The summed E-state index contributed by atoms with van der Waals surface area (Å²) < 4.78 is 4.78. The predicted octanol–water partition coefficient (Wildman–Crippen LogP) is 3.24. The quantitative estimate of drug-likeness (QED) is 0.557. The van der Waals surface area contributed by atoms with Crippen LogP contribution in [0.3, 0.4) is 0 Å². The van der Waals surface area contributed by atoms with Gasteiger partial charge in [0.25, 0.3) is 5.91 Å². The first-order chi connectivity index (χ1) is 12.5. The molecule has 2 aromatic rings. The van der Waals surface area contributed by atoms with Gasteiger partial charge in [-0.1, -0.05) is 31.9 Å². The zero-order valence-electron chi connectivity index (χ0n) is 15.3. The molecule has 0 aliphatic rings. The lowest BCUT2D eigenvalue weighted by Gasteiger charge is -2.11. The molecule has 1 aromatic carbocycles. The summed E-state index contributed by atoms with van der Waals surface area (Å²) in [5.74, 6) is -0.453. The molecule has 0 spiro atoms. The minimum absolute atomic E-state index is 0.240. The van der Waals surface area contributed by atoms with Crippen LogP contribution in [0, 0.1) is 6.92 Å². The summed E-state index contributed by atoms with van der Waals surface area (Å²) in [7, 11) is 1.32. The largest absolute Gasteiger partial charge is 0.465 e. The molecule has 0 radical (unpaired) electrons. The first-order valence-corrected chi connectivity index (χ1v) is 8.63. The van der Waals surface area contributed by atoms with Gasteiger partial charge < -0.3 is 15.4 Å². The van der Waals surface area contributed by atoms with E-state index < -0.39 is 5.97 Å². The van der Waals surface area contributed by atoms with E-state index in [1.165, 1.54) is 7.11 Å². The van der Waals surface area contributed by atoms with Crippen molar-refractivity contribution in [2.75, 3.05) is 19.0 Å². The Kier molecular flexibility index (Phi) is 7.08. The normalized spacial score (nSPS) is 10.3. The molecular weight excluding hydrogens is 332 g/mol. The minimum Gasteiger partial charge on any atom is -0.465 e. The molecule has 0 bridgehead atoms. The molecule has 0 saturated heterocycles. The number of nitrogens with one attached hydrogen (secondary N) is 2. The fraction of sp³-hybridized carbons (Fsp3) is 0.368. The van der Waals surface area contributed by atoms with Crippen molar-refractivity contribution in [1.29, 1.82) is 0 Å². The highest BCUT2D eigenvalue weighted by molar-refractivity contribution is 5.96. The molecular formula is C19H24N4O3. The van der Waals surface area contributed by atoms with Gasteiger partial charge in [0.05, 0.1) is 18.4 Å². The summed E-state index contributed by atoms with van der Waals surface area (Å²) in [5.41, 5.74) is 1.81. The van der Waals surface area contributed by atoms with Crippen LogP contribution in [-0.4, -0.2) is 35.5 Å². The molecule has 1 aromatic heterocycles. The maximum Gasteiger partial charge on any atom is 0.339 e. The van der Waals surface area contributed by atoms with Crippen LogP contribution >= 0.6 is 0 Å². The highest BCUT2D eigenvalue weighted by Gasteiger charge is 2.14. The second-order valence-corrected chi connectivity index (χ2v) is 5.84. The number of unbranched alkanes of at least 4 members (excludes halogenated alkanes) is 2. The predicted molar refractivity (Wildman–Crippen MR) is 99.7 cm³/mol. The van der Waals surface area contributed by atoms with Crippen molar-refractivity contribution in [3.05, 3.63) is 47.3 Å². The zero-order valence-corrected chi connectivity index (χ0v) is 15.3. The van der Waals surface area contributed by atoms with Crippen LogP contribution in [0.15, 0.2) is 30.3 Å². The van der Waals surface area contributed by atoms with Crippen LogP contribution in [0.1, 0.15) is 52.7 Å². The van der Waals surface area contributed by atoms with Crippen LogP contribution in [0.25, 0.3) is 0 Å². The highest BCUT2D eigenvalue weighted by Crippen LogP contribution is 2.20. The number of rotatable bonds is 8. The monoisotopic (exact) mass is 356 g/mol. The standard InChI is InChI=1S/C19H24N4O3/c1-4-5-8-11-20-17(24)16-12-13(2)21-19(23-16)22-15-10-7-6-9-14(15)18(25)26-3/h6-7,9-10,12H,4-5,8,11H2,1-3H3,(H,20,24)(H,21,22,23). The number of carbonyl (C=O) groups excluding carboxylic acids is 2. The number of methoxy groups -OCH3 is 1. The first-order valence-electron chi connectivity index (χ1n) is 8.63. The summed E-state index contributed by atoms with van der Waals surface area (Å²) in [6, 6.07) is 8.52. The van der Waals surface area contributed by atoms with Gasteiger partial charge in [0.1, 0.15) is 5.69 Å². The van der Waals surface area contributed by atoms with E-state index in [1.807, 2.05) is 0 Å². The first kappa shape index (κ1) is 19.4. The Hall–Kier alpha value is -2.96. The lowest BCUT2D eigenvalue weighted by atomic mass is 10.2. The average molecular weight is 356 g/mol. The molecule has 7 nitrogen and oxygen atoms in total. The molecule has 0 aliphatic carbocycles. The van der Waals surface area contributed by atoms with Crippen LogP contribution in [0.5, 0.6) is 0 Å². The van der Waals surface area contributed by atoms with Crippen LogP contribution in [0.2, 0.25) is 0 Å². The maximum atomic E-state index is 12.3. The highest BCUT2D eigenvalue weighted by atomic mass is 16.5. The number of anilines is 2. The van der Waals surface area contributed by atoms with E-state index in [0.717, 1.165) is 19.3 Å². The van der Waals surface area contributed by atoms with E-state index in [1.54, 1.807) is 37.3 Å². The Morgan fingerprint density at radius 1 is 1.15 bits per heavy atom. The Morgan fingerprint density at radius 3 is 2.65 bits per heavy atom.